The smallest absolute Gasteiger partial charge is 0.357 e. The minimum Gasteiger partial charge on any atom is -0.357 e. The standard InChI is InChI=1S/C20H31F3N4/c1-4-24-19(26-13-16-9-11-27(3)14-16)25-10-8-15(2)17-6-5-7-18(12-17)20(21,22)23/h5-7,12,15-16H,4,8-11,13-14H2,1-3H3,(H2,24,25,26). The summed E-state index contributed by atoms with van der Waals surface area (Å²) in [4.78, 5) is 6.98. The number of hydrogen-bond acceptors (Lipinski definition) is 2. The van der Waals surface area contributed by atoms with E-state index < -0.39 is 11.7 Å². The molecule has 1 saturated heterocycles. The molecule has 2 unspecified atom stereocenters. The number of hydrogen-bond donors (Lipinski definition) is 2. The third-order valence-corrected chi connectivity index (χ3v) is 4.99. The van der Waals surface area contributed by atoms with Crippen LogP contribution in [0.4, 0.5) is 13.2 Å². The Labute approximate surface area is 160 Å². The lowest BCUT2D eigenvalue weighted by Crippen LogP contribution is -2.38. The Hall–Kier alpha value is -1.76. The second-order valence-corrected chi connectivity index (χ2v) is 7.38. The molecule has 1 fully saturated rings. The highest BCUT2D eigenvalue weighted by Crippen LogP contribution is 2.31. The fourth-order valence-electron chi connectivity index (χ4n) is 3.33. The highest BCUT2D eigenvalue weighted by Gasteiger charge is 2.30. The van der Waals surface area contributed by atoms with Gasteiger partial charge in [-0.15, -0.1) is 0 Å². The van der Waals surface area contributed by atoms with Crippen LogP contribution in [0.2, 0.25) is 0 Å². The first-order valence-electron chi connectivity index (χ1n) is 9.67. The van der Waals surface area contributed by atoms with Crippen molar-refractivity contribution in [3.63, 3.8) is 0 Å². The number of rotatable bonds is 7. The molecular formula is C20H31F3N4. The van der Waals surface area contributed by atoms with Crippen LogP contribution in [-0.4, -0.2) is 50.6 Å². The molecule has 1 aliphatic rings. The van der Waals surface area contributed by atoms with Crippen molar-refractivity contribution in [2.45, 2.75) is 38.8 Å². The number of likely N-dealkylation sites (tertiary alicyclic amines) is 1. The van der Waals surface area contributed by atoms with Gasteiger partial charge in [-0.05, 0) is 56.8 Å². The SMILES string of the molecule is CCNC(=NCC1CCN(C)C1)NCCC(C)c1cccc(C(F)(F)F)c1. The summed E-state index contributed by atoms with van der Waals surface area (Å²) >= 11 is 0. The van der Waals surface area contributed by atoms with Crippen LogP contribution in [0.3, 0.4) is 0 Å². The first-order chi connectivity index (χ1) is 12.8. The lowest BCUT2D eigenvalue weighted by atomic mass is 9.96. The van der Waals surface area contributed by atoms with Crippen LogP contribution in [-0.2, 0) is 6.18 Å². The predicted molar refractivity (Wildman–Crippen MR) is 104 cm³/mol. The number of nitrogens with one attached hydrogen (secondary N) is 2. The van der Waals surface area contributed by atoms with E-state index in [1.807, 2.05) is 13.8 Å². The second kappa shape index (κ2) is 9.97. The van der Waals surface area contributed by atoms with Crippen molar-refractivity contribution in [3.8, 4) is 0 Å². The van der Waals surface area contributed by atoms with Crippen molar-refractivity contribution in [1.82, 2.24) is 15.5 Å². The fraction of sp³-hybridized carbons (Fsp3) is 0.650. The van der Waals surface area contributed by atoms with Gasteiger partial charge >= 0.3 is 6.18 Å². The molecule has 0 bridgehead atoms. The second-order valence-electron chi connectivity index (χ2n) is 7.38. The molecule has 27 heavy (non-hydrogen) atoms. The number of nitrogens with zero attached hydrogens (tertiary/aromatic N) is 2. The van der Waals surface area contributed by atoms with Gasteiger partial charge in [0.25, 0.3) is 0 Å². The van der Waals surface area contributed by atoms with Crippen LogP contribution in [0.25, 0.3) is 0 Å². The van der Waals surface area contributed by atoms with E-state index in [4.69, 9.17) is 0 Å². The van der Waals surface area contributed by atoms with Gasteiger partial charge in [0.1, 0.15) is 0 Å². The summed E-state index contributed by atoms with van der Waals surface area (Å²) < 4.78 is 38.6. The molecule has 0 radical (unpaired) electrons. The third-order valence-electron chi connectivity index (χ3n) is 4.99. The molecule has 1 aromatic rings. The van der Waals surface area contributed by atoms with Crippen molar-refractivity contribution in [1.29, 1.82) is 0 Å². The average Bonchev–Trinajstić information content (AvgIpc) is 3.04. The zero-order valence-corrected chi connectivity index (χ0v) is 16.4. The highest BCUT2D eigenvalue weighted by molar-refractivity contribution is 5.79. The van der Waals surface area contributed by atoms with Crippen LogP contribution in [0.15, 0.2) is 29.3 Å². The molecule has 0 spiro atoms. The fourth-order valence-corrected chi connectivity index (χ4v) is 3.33. The molecule has 1 aromatic carbocycles. The molecule has 2 N–H and O–H groups in total. The summed E-state index contributed by atoms with van der Waals surface area (Å²) in [7, 11) is 2.13. The van der Waals surface area contributed by atoms with Gasteiger partial charge in [-0.2, -0.15) is 13.2 Å². The monoisotopic (exact) mass is 384 g/mol. The van der Waals surface area contributed by atoms with E-state index in [0.29, 0.717) is 18.0 Å². The zero-order chi connectivity index (χ0) is 19.9. The maximum absolute atomic E-state index is 12.9. The van der Waals surface area contributed by atoms with Crippen LogP contribution in [0.5, 0.6) is 0 Å². The highest BCUT2D eigenvalue weighted by atomic mass is 19.4. The van der Waals surface area contributed by atoms with Crippen LogP contribution in [0.1, 0.15) is 43.7 Å². The molecule has 0 amide bonds. The maximum atomic E-state index is 12.9. The van der Waals surface area contributed by atoms with E-state index >= 15 is 0 Å². The maximum Gasteiger partial charge on any atom is 0.416 e. The van der Waals surface area contributed by atoms with Crippen LogP contribution in [0, 0.1) is 5.92 Å². The minimum absolute atomic E-state index is 0.0335. The van der Waals surface area contributed by atoms with Gasteiger partial charge < -0.3 is 15.5 Å². The van der Waals surface area contributed by atoms with Crippen LogP contribution < -0.4 is 10.6 Å². The predicted octanol–water partition coefficient (Wildman–Crippen LogP) is 3.71. The average molecular weight is 384 g/mol. The summed E-state index contributed by atoms with van der Waals surface area (Å²) in [5, 5.41) is 6.54. The van der Waals surface area contributed by atoms with E-state index in [9.17, 15) is 13.2 Å². The number of halogens is 3. The van der Waals surface area contributed by atoms with E-state index in [1.165, 1.54) is 18.6 Å². The Balaban J connectivity index is 1.85. The molecule has 1 heterocycles. The molecular weight excluding hydrogens is 353 g/mol. The van der Waals surface area contributed by atoms with Gasteiger partial charge in [0.15, 0.2) is 5.96 Å². The number of guanidine groups is 1. The molecule has 2 rings (SSSR count). The topological polar surface area (TPSA) is 39.7 Å². The number of benzene rings is 1. The summed E-state index contributed by atoms with van der Waals surface area (Å²) in [5.41, 5.74) is 0.124. The van der Waals surface area contributed by atoms with Gasteiger partial charge in [-0.1, -0.05) is 25.1 Å². The van der Waals surface area contributed by atoms with Gasteiger partial charge in [0.05, 0.1) is 5.56 Å². The van der Waals surface area contributed by atoms with E-state index in [0.717, 1.165) is 44.6 Å². The zero-order valence-electron chi connectivity index (χ0n) is 16.4. The summed E-state index contributed by atoms with van der Waals surface area (Å²) in [6, 6.07) is 5.60. The van der Waals surface area contributed by atoms with Crippen molar-refractivity contribution < 1.29 is 13.2 Å². The van der Waals surface area contributed by atoms with Crippen molar-refractivity contribution in [2.75, 3.05) is 39.8 Å². The summed E-state index contributed by atoms with van der Waals surface area (Å²) in [5.74, 6) is 1.41. The number of aliphatic imine (C=N–C) groups is 1. The quantitative estimate of drug-likeness (QED) is 0.556. The molecule has 1 aliphatic heterocycles. The molecule has 0 saturated carbocycles. The van der Waals surface area contributed by atoms with Crippen LogP contribution >= 0.6 is 0 Å². The summed E-state index contributed by atoms with van der Waals surface area (Å²) in [6.45, 7) is 8.41. The largest absolute Gasteiger partial charge is 0.416 e. The third kappa shape index (κ3) is 7.05. The lowest BCUT2D eigenvalue weighted by Gasteiger charge is -2.17. The van der Waals surface area contributed by atoms with Crippen molar-refractivity contribution >= 4 is 5.96 Å². The van der Waals surface area contributed by atoms with Crippen molar-refractivity contribution in [2.24, 2.45) is 10.9 Å². The molecule has 2 atom stereocenters. The van der Waals surface area contributed by atoms with Gasteiger partial charge in [-0.3, -0.25) is 4.99 Å². The van der Waals surface area contributed by atoms with E-state index in [-0.39, 0.29) is 5.92 Å². The molecule has 4 nitrogen and oxygen atoms in total. The van der Waals surface area contributed by atoms with Gasteiger partial charge in [0.2, 0.25) is 0 Å². The normalized spacial score (nSPS) is 19.9. The summed E-state index contributed by atoms with van der Waals surface area (Å²) in [6.07, 6.45) is -2.39. The van der Waals surface area contributed by atoms with Gasteiger partial charge in [0, 0.05) is 26.2 Å². The van der Waals surface area contributed by atoms with E-state index in [1.54, 1.807) is 6.07 Å². The Kier molecular flexibility index (Phi) is 7.95. The molecule has 0 aromatic heterocycles. The van der Waals surface area contributed by atoms with Crippen molar-refractivity contribution in [3.05, 3.63) is 35.4 Å². The lowest BCUT2D eigenvalue weighted by molar-refractivity contribution is -0.137. The Morgan fingerprint density at radius 3 is 2.74 bits per heavy atom. The van der Waals surface area contributed by atoms with E-state index in [2.05, 4.69) is 27.6 Å². The Bertz CT molecular complexity index is 615. The Morgan fingerprint density at radius 1 is 1.33 bits per heavy atom. The molecule has 7 heteroatoms. The molecule has 152 valence electrons. The van der Waals surface area contributed by atoms with Gasteiger partial charge in [-0.25, -0.2) is 0 Å². The minimum atomic E-state index is -4.30. The number of alkyl halides is 3. The first kappa shape index (κ1) is 21.5. The molecule has 0 aliphatic carbocycles. The first-order valence-corrected chi connectivity index (χ1v) is 9.67. The Morgan fingerprint density at radius 2 is 2.11 bits per heavy atom.